The summed E-state index contributed by atoms with van der Waals surface area (Å²) in [5.41, 5.74) is -0.228. The molecule has 1 aromatic carbocycles. The SMILES string of the molecule is COCCOCCCS(=O)(=O)c1ccc(Cl)c(C(=O)O)c1. The number of sulfone groups is 1. The van der Waals surface area contributed by atoms with E-state index >= 15 is 0 Å². The van der Waals surface area contributed by atoms with Crippen LogP contribution in [-0.2, 0) is 19.3 Å². The van der Waals surface area contributed by atoms with Crippen LogP contribution < -0.4 is 0 Å². The predicted molar refractivity (Wildman–Crippen MR) is 77.8 cm³/mol. The van der Waals surface area contributed by atoms with Crippen molar-refractivity contribution in [3.8, 4) is 0 Å². The monoisotopic (exact) mass is 336 g/mol. The van der Waals surface area contributed by atoms with Crippen molar-refractivity contribution >= 4 is 27.4 Å². The van der Waals surface area contributed by atoms with E-state index in [1.54, 1.807) is 7.11 Å². The molecule has 0 aliphatic carbocycles. The molecule has 0 aliphatic heterocycles. The van der Waals surface area contributed by atoms with E-state index in [0.29, 0.717) is 26.2 Å². The molecule has 21 heavy (non-hydrogen) atoms. The van der Waals surface area contributed by atoms with Crippen molar-refractivity contribution in [2.24, 2.45) is 0 Å². The zero-order valence-corrected chi connectivity index (χ0v) is 13.1. The first-order valence-corrected chi connectivity index (χ1v) is 8.24. The number of hydrogen-bond donors (Lipinski definition) is 1. The zero-order valence-electron chi connectivity index (χ0n) is 11.5. The average molecular weight is 337 g/mol. The van der Waals surface area contributed by atoms with E-state index in [0.717, 1.165) is 6.07 Å². The molecule has 0 aliphatic rings. The first-order chi connectivity index (χ1) is 9.88. The quantitative estimate of drug-likeness (QED) is 0.692. The second kappa shape index (κ2) is 8.33. The smallest absolute Gasteiger partial charge is 0.337 e. The number of carbonyl (C=O) groups is 1. The highest BCUT2D eigenvalue weighted by Crippen LogP contribution is 2.21. The third kappa shape index (κ3) is 5.62. The molecule has 1 aromatic rings. The minimum Gasteiger partial charge on any atom is -0.478 e. The lowest BCUT2D eigenvalue weighted by Crippen LogP contribution is -2.12. The largest absolute Gasteiger partial charge is 0.478 e. The zero-order chi connectivity index (χ0) is 15.9. The van der Waals surface area contributed by atoms with Crippen LogP contribution in [0.4, 0.5) is 0 Å². The number of hydrogen-bond acceptors (Lipinski definition) is 5. The molecule has 1 N–H and O–H groups in total. The average Bonchev–Trinajstić information content (AvgIpc) is 2.42. The topological polar surface area (TPSA) is 89.9 Å². The molecule has 0 unspecified atom stereocenters. The summed E-state index contributed by atoms with van der Waals surface area (Å²) >= 11 is 5.71. The lowest BCUT2D eigenvalue weighted by atomic mass is 10.2. The maximum atomic E-state index is 12.1. The number of ether oxygens (including phenoxy) is 2. The Morgan fingerprint density at radius 1 is 1.29 bits per heavy atom. The Labute approximate surface area is 128 Å². The van der Waals surface area contributed by atoms with Crippen molar-refractivity contribution in [1.29, 1.82) is 0 Å². The van der Waals surface area contributed by atoms with Crippen molar-refractivity contribution < 1.29 is 27.8 Å². The van der Waals surface area contributed by atoms with Gasteiger partial charge in [0.15, 0.2) is 9.84 Å². The normalized spacial score (nSPS) is 11.5. The second-order valence-corrected chi connectivity index (χ2v) is 6.74. The maximum Gasteiger partial charge on any atom is 0.337 e. The molecule has 118 valence electrons. The number of carboxylic acids is 1. The lowest BCUT2D eigenvalue weighted by Gasteiger charge is -2.07. The minimum atomic E-state index is -3.56. The molecule has 0 atom stereocenters. The molecule has 0 bridgehead atoms. The van der Waals surface area contributed by atoms with E-state index in [4.69, 9.17) is 26.2 Å². The number of halogens is 1. The Balaban J connectivity index is 2.66. The molecule has 6 nitrogen and oxygen atoms in total. The van der Waals surface area contributed by atoms with Crippen LogP contribution in [-0.4, -0.2) is 52.2 Å². The van der Waals surface area contributed by atoms with Gasteiger partial charge in [0.05, 0.1) is 34.4 Å². The van der Waals surface area contributed by atoms with Crippen LogP contribution in [0.3, 0.4) is 0 Å². The van der Waals surface area contributed by atoms with Gasteiger partial charge in [-0.3, -0.25) is 0 Å². The first kappa shape index (κ1) is 17.9. The molecular formula is C13H17ClO6S. The van der Waals surface area contributed by atoms with Gasteiger partial charge in [-0.1, -0.05) is 11.6 Å². The second-order valence-electron chi connectivity index (χ2n) is 4.22. The predicted octanol–water partition coefficient (Wildman–Crippen LogP) is 1.87. The molecule has 0 spiro atoms. The van der Waals surface area contributed by atoms with Gasteiger partial charge in [-0.15, -0.1) is 0 Å². The molecule has 1 rings (SSSR count). The van der Waals surface area contributed by atoms with Crippen LogP contribution in [0.25, 0.3) is 0 Å². The summed E-state index contributed by atoms with van der Waals surface area (Å²) in [5.74, 6) is -1.39. The van der Waals surface area contributed by atoms with E-state index in [2.05, 4.69) is 0 Å². The Kier molecular flexibility index (Phi) is 7.10. The summed E-state index contributed by atoms with van der Waals surface area (Å²) in [7, 11) is -2.01. The number of benzene rings is 1. The molecular weight excluding hydrogens is 320 g/mol. The molecule has 8 heteroatoms. The summed E-state index contributed by atoms with van der Waals surface area (Å²) in [6, 6.07) is 3.65. The van der Waals surface area contributed by atoms with Crippen LogP contribution in [0.5, 0.6) is 0 Å². The molecule has 0 amide bonds. The van der Waals surface area contributed by atoms with E-state index in [1.807, 2.05) is 0 Å². The van der Waals surface area contributed by atoms with Gasteiger partial charge in [0.1, 0.15) is 0 Å². The van der Waals surface area contributed by atoms with Crippen molar-refractivity contribution in [3.05, 3.63) is 28.8 Å². The Morgan fingerprint density at radius 3 is 2.62 bits per heavy atom. The number of aromatic carboxylic acids is 1. The van der Waals surface area contributed by atoms with Gasteiger partial charge in [0, 0.05) is 13.7 Å². The fraction of sp³-hybridized carbons (Fsp3) is 0.462. The maximum absolute atomic E-state index is 12.1. The number of rotatable bonds is 9. The number of methoxy groups -OCH3 is 1. The van der Waals surface area contributed by atoms with E-state index < -0.39 is 15.8 Å². The third-order valence-corrected chi connectivity index (χ3v) is 4.79. The van der Waals surface area contributed by atoms with Crippen LogP contribution in [0, 0.1) is 0 Å². The summed E-state index contributed by atoms with van der Waals surface area (Å²) in [5, 5.41) is 8.95. The van der Waals surface area contributed by atoms with Gasteiger partial charge in [-0.05, 0) is 24.6 Å². The van der Waals surface area contributed by atoms with Gasteiger partial charge in [0.2, 0.25) is 0 Å². The van der Waals surface area contributed by atoms with Gasteiger partial charge in [-0.2, -0.15) is 0 Å². The Morgan fingerprint density at radius 2 is 2.00 bits per heavy atom. The Bertz CT molecular complexity index is 584. The molecule has 0 saturated heterocycles. The van der Waals surface area contributed by atoms with E-state index in [9.17, 15) is 13.2 Å². The highest BCUT2D eigenvalue weighted by Gasteiger charge is 2.18. The van der Waals surface area contributed by atoms with Gasteiger partial charge < -0.3 is 14.6 Å². The van der Waals surface area contributed by atoms with Gasteiger partial charge in [0.25, 0.3) is 0 Å². The van der Waals surface area contributed by atoms with Crippen LogP contribution >= 0.6 is 11.6 Å². The van der Waals surface area contributed by atoms with Gasteiger partial charge in [-0.25, -0.2) is 13.2 Å². The molecule has 0 heterocycles. The summed E-state index contributed by atoms with van der Waals surface area (Å²) < 4.78 is 34.2. The van der Waals surface area contributed by atoms with Crippen LogP contribution in [0.2, 0.25) is 5.02 Å². The molecule has 0 aromatic heterocycles. The summed E-state index contributed by atoms with van der Waals surface area (Å²) in [4.78, 5) is 10.9. The van der Waals surface area contributed by atoms with Crippen LogP contribution in [0.15, 0.2) is 23.1 Å². The molecule has 0 radical (unpaired) electrons. The van der Waals surface area contributed by atoms with Crippen molar-refractivity contribution in [3.63, 3.8) is 0 Å². The third-order valence-electron chi connectivity index (χ3n) is 2.66. The molecule has 0 saturated carbocycles. The lowest BCUT2D eigenvalue weighted by molar-refractivity contribution is 0.0696. The van der Waals surface area contributed by atoms with Crippen molar-refractivity contribution in [2.75, 3.05) is 32.7 Å². The fourth-order valence-corrected chi connectivity index (χ4v) is 3.08. The standard InChI is InChI=1S/C13H17ClO6S/c1-19-6-7-20-5-2-8-21(17,18)10-3-4-12(14)11(9-10)13(15)16/h3-4,9H,2,5-8H2,1H3,(H,15,16). The minimum absolute atomic E-state index is 0.00403. The van der Waals surface area contributed by atoms with Gasteiger partial charge >= 0.3 is 5.97 Å². The van der Waals surface area contributed by atoms with Crippen molar-refractivity contribution in [1.82, 2.24) is 0 Å². The summed E-state index contributed by atoms with van der Waals surface area (Å²) in [6.07, 6.45) is 0.317. The first-order valence-electron chi connectivity index (χ1n) is 6.21. The van der Waals surface area contributed by atoms with E-state index in [1.165, 1.54) is 12.1 Å². The van der Waals surface area contributed by atoms with E-state index in [-0.39, 0.29) is 21.2 Å². The highest BCUT2D eigenvalue weighted by molar-refractivity contribution is 7.91. The molecule has 0 fully saturated rings. The van der Waals surface area contributed by atoms with Crippen molar-refractivity contribution in [2.45, 2.75) is 11.3 Å². The summed E-state index contributed by atoms with van der Waals surface area (Å²) in [6.45, 7) is 1.15. The number of carboxylic acid groups (broad SMARTS) is 1. The Hall–Kier alpha value is -1.15. The fourth-order valence-electron chi connectivity index (χ4n) is 1.57. The highest BCUT2D eigenvalue weighted by atomic mass is 35.5. The van der Waals surface area contributed by atoms with Crippen LogP contribution in [0.1, 0.15) is 16.8 Å².